The molecule has 0 rings (SSSR count). The summed E-state index contributed by atoms with van der Waals surface area (Å²) in [6.07, 6.45) is 0. The fourth-order valence-corrected chi connectivity index (χ4v) is 0. The molecular formula is C6H10K2O6. The van der Waals surface area contributed by atoms with Crippen molar-refractivity contribution in [2.45, 2.75) is 20.8 Å². The van der Waals surface area contributed by atoms with Crippen LogP contribution in [-0.4, -0.2) is 23.0 Å². The molecule has 0 heterocycles. The second-order valence-electron chi connectivity index (χ2n) is 1.50. The smallest absolute Gasteiger partial charge is 0.550 e. The van der Waals surface area contributed by atoms with Crippen molar-refractivity contribution in [3.05, 3.63) is 0 Å². The molecule has 0 aliphatic heterocycles. The molecule has 0 unspecified atom stereocenters. The monoisotopic (exact) mass is 256 g/mol. The molecule has 72 valence electrons. The SMILES string of the molecule is CC(=O)O.CC(=O)[O-].CC(=O)[O-].[K+].[K+]. The zero-order chi connectivity index (χ0) is 10.7. The van der Waals surface area contributed by atoms with Crippen LogP contribution in [-0.2, 0) is 14.4 Å². The van der Waals surface area contributed by atoms with E-state index in [2.05, 4.69) is 0 Å². The summed E-state index contributed by atoms with van der Waals surface area (Å²) in [6.45, 7) is 3.03. The first-order chi connectivity index (χ1) is 5.20. The molecule has 14 heavy (non-hydrogen) atoms. The van der Waals surface area contributed by atoms with E-state index in [4.69, 9.17) is 29.7 Å². The molecule has 0 fully saturated rings. The Hall–Kier alpha value is 1.68. The van der Waals surface area contributed by atoms with E-state index in [0.717, 1.165) is 20.8 Å². The van der Waals surface area contributed by atoms with Crippen molar-refractivity contribution in [1.82, 2.24) is 0 Å². The van der Waals surface area contributed by atoms with Gasteiger partial charge in [0.2, 0.25) is 0 Å². The van der Waals surface area contributed by atoms with E-state index < -0.39 is 17.9 Å². The molecule has 0 spiro atoms. The van der Waals surface area contributed by atoms with Crippen molar-refractivity contribution in [3.8, 4) is 0 Å². The molecule has 0 aromatic rings. The van der Waals surface area contributed by atoms with Crippen LogP contribution in [0.4, 0.5) is 0 Å². The molecule has 0 aromatic heterocycles. The Morgan fingerprint density at radius 3 is 0.857 bits per heavy atom. The second kappa shape index (κ2) is 24.1. The zero-order valence-corrected chi connectivity index (χ0v) is 15.2. The summed E-state index contributed by atoms with van der Waals surface area (Å²) < 4.78 is 0. The van der Waals surface area contributed by atoms with Gasteiger partial charge in [0.1, 0.15) is 0 Å². The van der Waals surface area contributed by atoms with E-state index in [0.29, 0.717) is 0 Å². The molecule has 0 radical (unpaired) electrons. The van der Waals surface area contributed by atoms with Crippen LogP contribution in [0.25, 0.3) is 0 Å². The Bertz CT molecular complexity index is 118. The first kappa shape index (κ1) is 29.6. The van der Waals surface area contributed by atoms with Gasteiger partial charge in [0.25, 0.3) is 5.97 Å². The average molecular weight is 256 g/mol. The van der Waals surface area contributed by atoms with Crippen LogP contribution in [0, 0.1) is 0 Å². The number of hydrogen-bond acceptors (Lipinski definition) is 5. The first-order valence-electron chi connectivity index (χ1n) is 2.74. The maximum absolute atomic E-state index is 9.00. The van der Waals surface area contributed by atoms with E-state index in [1.54, 1.807) is 0 Å². The standard InChI is InChI=1S/3C2H4O2.2K/c3*1-2(3)4;;/h3*1H3,(H,3,4);;/q;;;2*+1/p-2. The van der Waals surface area contributed by atoms with Gasteiger partial charge in [-0.25, -0.2) is 0 Å². The van der Waals surface area contributed by atoms with Gasteiger partial charge in [-0.05, 0) is 13.8 Å². The number of hydrogen-bond donors (Lipinski definition) is 1. The predicted octanol–water partition coefficient (Wildman–Crippen LogP) is -8.39. The zero-order valence-electron chi connectivity index (χ0n) is 8.99. The van der Waals surface area contributed by atoms with Gasteiger partial charge in [-0.1, -0.05) is 0 Å². The number of carboxylic acids is 3. The minimum absolute atomic E-state index is 0. The Labute approximate surface area is 167 Å². The molecule has 0 bridgehead atoms. The van der Waals surface area contributed by atoms with Crippen LogP contribution in [0.15, 0.2) is 0 Å². The summed E-state index contributed by atoms with van der Waals surface area (Å²) in [5.41, 5.74) is 0. The van der Waals surface area contributed by atoms with Crippen molar-refractivity contribution in [2.75, 3.05) is 0 Å². The van der Waals surface area contributed by atoms with Gasteiger partial charge >= 0.3 is 103 Å². The number of carbonyl (C=O) groups is 3. The third-order valence-electron chi connectivity index (χ3n) is 0. The third-order valence-corrected chi connectivity index (χ3v) is 0. The van der Waals surface area contributed by atoms with Crippen molar-refractivity contribution in [3.63, 3.8) is 0 Å². The van der Waals surface area contributed by atoms with Gasteiger partial charge in [-0.15, -0.1) is 0 Å². The minimum Gasteiger partial charge on any atom is -0.550 e. The molecule has 1 N–H and O–H groups in total. The number of rotatable bonds is 0. The number of carboxylic acid groups (broad SMARTS) is 3. The van der Waals surface area contributed by atoms with Crippen LogP contribution >= 0.6 is 0 Å². The number of aliphatic carboxylic acids is 3. The Balaban J connectivity index is -0.0000000270. The topological polar surface area (TPSA) is 118 Å². The first-order valence-corrected chi connectivity index (χ1v) is 2.74. The predicted molar refractivity (Wildman–Crippen MR) is 34.7 cm³/mol. The van der Waals surface area contributed by atoms with Crippen molar-refractivity contribution in [2.24, 2.45) is 0 Å². The van der Waals surface area contributed by atoms with Crippen LogP contribution < -0.4 is 113 Å². The fourth-order valence-electron chi connectivity index (χ4n) is 0. The summed E-state index contributed by atoms with van der Waals surface area (Å²) in [6, 6.07) is 0. The van der Waals surface area contributed by atoms with Crippen LogP contribution in [0.1, 0.15) is 20.8 Å². The minimum atomic E-state index is -1.08. The van der Waals surface area contributed by atoms with Crippen LogP contribution in [0.2, 0.25) is 0 Å². The van der Waals surface area contributed by atoms with Crippen LogP contribution in [0.5, 0.6) is 0 Å². The van der Waals surface area contributed by atoms with Gasteiger partial charge in [0.05, 0.1) is 0 Å². The molecule has 0 amide bonds. The van der Waals surface area contributed by atoms with Crippen molar-refractivity contribution >= 4 is 17.9 Å². The molecule has 0 atom stereocenters. The van der Waals surface area contributed by atoms with Gasteiger partial charge in [0.15, 0.2) is 0 Å². The molecule has 0 aromatic carbocycles. The van der Waals surface area contributed by atoms with Gasteiger partial charge in [-0.2, -0.15) is 0 Å². The summed E-state index contributed by atoms with van der Waals surface area (Å²) in [7, 11) is 0. The maximum Gasteiger partial charge on any atom is 1.00 e. The average Bonchev–Trinajstić information content (AvgIpc) is 1.54. The summed E-state index contributed by atoms with van der Waals surface area (Å²) in [5, 5.41) is 25.2. The normalized spacial score (nSPS) is 5.36. The molecule has 0 aliphatic rings. The van der Waals surface area contributed by atoms with Gasteiger partial charge in [-0.3, -0.25) is 4.79 Å². The fraction of sp³-hybridized carbons (Fsp3) is 0.500. The third kappa shape index (κ3) is 777. The van der Waals surface area contributed by atoms with Crippen molar-refractivity contribution in [1.29, 1.82) is 0 Å². The molecule has 0 saturated carbocycles. The second-order valence-corrected chi connectivity index (χ2v) is 1.50. The van der Waals surface area contributed by atoms with E-state index >= 15 is 0 Å². The summed E-state index contributed by atoms with van der Waals surface area (Å²) >= 11 is 0. The van der Waals surface area contributed by atoms with E-state index in [9.17, 15) is 0 Å². The van der Waals surface area contributed by atoms with Gasteiger partial charge < -0.3 is 24.9 Å². The summed E-state index contributed by atoms with van der Waals surface area (Å²) in [5.74, 6) is -3.00. The Morgan fingerprint density at radius 2 is 0.857 bits per heavy atom. The Kier molecular flexibility index (Phi) is 51.0. The molecule has 6 nitrogen and oxygen atoms in total. The van der Waals surface area contributed by atoms with Crippen molar-refractivity contribution < 1.29 is 132 Å². The molecular weight excluding hydrogens is 246 g/mol. The maximum atomic E-state index is 9.00. The molecule has 0 aliphatic carbocycles. The number of carbonyl (C=O) groups excluding carboxylic acids is 2. The van der Waals surface area contributed by atoms with E-state index in [1.165, 1.54) is 0 Å². The Morgan fingerprint density at radius 1 is 0.857 bits per heavy atom. The quantitative estimate of drug-likeness (QED) is 0.430. The molecule has 8 heteroatoms. The molecule has 0 saturated heterocycles. The van der Waals surface area contributed by atoms with Gasteiger partial charge in [0, 0.05) is 18.9 Å². The summed E-state index contributed by atoms with van der Waals surface area (Å²) in [4.78, 5) is 26.8. The van der Waals surface area contributed by atoms with E-state index in [-0.39, 0.29) is 103 Å². The van der Waals surface area contributed by atoms with E-state index in [1.807, 2.05) is 0 Å². The van der Waals surface area contributed by atoms with Crippen LogP contribution in [0.3, 0.4) is 0 Å². The largest absolute Gasteiger partial charge is 1.00 e.